The lowest BCUT2D eigenvalue weighted by Crippen LogP contribution is -2.64. The normalized spacial score (nSPS) is 47.0. The highest BCUT2D eigenvalue weighted by atomic mass is 16.3. The number of rotatable bonds is 0. The molecular formula is C16H21NO3. The van der Waals surface area contributed by atoms with Crippen LogP contribution in [0.15, 0.2) is 23.3 Å². The number of aliphatic hydroxyl groups is 2. The summed E-state index contributed by atoms with van der Waals surface area (Å²) in [4.78, 5) is 12.8. The van der Waals surface area contributed by atoms with Crippen molar-refractivity contribution in [1.29, 1.82) is 0 Å². The van der Waals surface area contributed by atoms with E-state index in [1.165, 1.54) is 0 Å². The molecule has 4 heteroatoms. The maximum absolute atomic E-state index is 12.8. The molecular weight excluding hydrogens is 254 g/mol. The van der Waals surface area contributed by atoms with Crippen LogP contribution < -0.4 is 5.32 Å². The number of hydrogen-bond acceptors (Lipinski definition) is 4. The molecule has 0 amide bonds. The molecule has 5 atom stereocenters. The monoisotopic (exact) mass is 275 g/mol. The van der Waals surface area contributed by atoms with E-state index < -0.39 is 17.6 Å². The lowest BCUT2D eigenvalue weighted by atomic mass is 9.50. The number of hydrogen-bond donors (Lipinski definition) is 3. The Morgan fingerprint density at radius 3 is 3.05 bits per heavy atom. The molecule has 20 heavy (non-hydrogen) atoms. The Labute approximate surface area is 118 Å². The van der Waals surface area contributed by atoms with Crippen molar-refractivity contribution < 1.29 is 15.0 Å². The lowest BCUT2D eigenvalue weighted by Gasteiger charge is -2.57. The van der Waals surface area contributed by atoms with E-state index in [1.807, 2.05) is 12.2 Å². The van der Waals surface area contributed by atoms with E-state index in [4.69, 9.17) is 0 Å². The Hall–Kier alpha value is -0.970. The molecule has 4 rings (SSSR count). The molecule has 1 saturated carbocycles. The zero-order valence-electron chi connectivity index (χ0n) is 11.5. The van der Waals surface area contributed by atoms with Gasteiger partial charge in [0.15, 0.2) is 0 Å². The fourth-order valence-electron chi connectivity index (χ4n) is 5.02. The molecule has 2 bridgehead atoms. The smallest absolute Gasteiger partial charge is 0.143 e. The summed E-state index contributed by atoms with van der Waals surface area (Å²) in [6.07, 6.45) is 6.36. The number of ketones is 1. The molecule has 1 heterocycles. The molecule has 108 valence electrons. The van der Waals surface area contributed by atoms with Gasteiger partial charge in [0.05, 0.1) is 17.6 Å². The average Bonchev–Trinajstić information content (AvgIpc) is 2.44. The van der Waals surface area contributed by atoms with Crippen LogP contribution in [-0.4, -0.2) is 40.8 Å². The predicted molar refractivity (Wildman–Crippen MR) is 74.0 cm³/mol. The molecule has 0 spiro atoms. The number of piperidine rings is 1. The van der Waals surface area contributed by atoms with E-state index in [2.05, 4.69) is 5.32 Å². The largest absolute Gasteiger partial charge is 0.393 e. The highest BCUT2D eigenvalue weighted by molar-refractivity contribution is 5.91. The van der Waals surface area contributed by atoms with Crippen LogP contribution in [0.25, 0.3) is 0 Å². The molecule has 3 aliphatic carbocycles. The lowest BCUT2D eigenvalue weighted by molar-refractivity contribution is -0.144. The van der Waals surface area contributed by atoms with Crippen molar-refractivity contribution in [1.82, 2.24) is 5.32 Å². The molecule has 1 aliphatic heterocycles. The zero-order chi connectivity index (χ0) is 13.9. The molecule has 0 aromatic carbocycles. The second-order valence-electron chi connectivity index (χ2n) is 6.63. The van der Waals surface area contributed by atoms with Crippen molar-refractivity contribution in [2.45, 2.75) is 50.4 Å². The van der Waals surface area contributed by atoms with Gasteiger partial charge in [0.25, 0.3) is 0 Å². The third-order valence-electron chi connectivity index (χ3n) is 5.82. The summed E-state index contributed by atoms with van der Waals surface area (Å²) in [5, 5.41) is 24.2. The maximum Gasteiger partial charge on any atom is 0.143 e. The average molecular weight is 275 g/mol. The first-order chi connectivity index (χ1) is 9.64. The summed E-state index contributed by atoms with van der Waals surface area (Å²) >= 11 is 0. The zero-order valence-corrected chi connectivity index (χ0v) is 11.5. The highest BCUT2D eigenvalue weighted by Gasteiger charge is 2.60. The summed E-state index contributed by atoms with van der Waals surface area (Å²) in [5.74, 6) is 0.247. The Morgan fingerprint density at radius 1 is 1.35 bits per heavy atom. The van der Waals surface area contributed by atoms with Crippen LogP contribution in [0.1, 0.15) is 32.1 Å². The van der Waals surface area contributed by atoms with Crippen molar-refractivity contribution in [3.05, 3.63) is 23.3 Å². The van der Waals surface area contributed by atoms with E-state index in [0.717, 1.165) is 30.5 Å². The van der Waals surface area contributed by atoms with Crippen molar-refractivity contribution >= 4 is 5.78 Å². The molecule has 4 aliphatic rings. The second-order valence-corrected chi connectivity index (χ2v) is 6.63. The Kier molecular flexibility index (Phi) is 2.72. The van der Waals surface area contributed by atoms with Gasteiger partial charge in [-0.3, -0.25) is 4.79 Å². The van der Waals surface area contributed by atoms with Crippen molar-refractivity contribution in [3.63, 3.8) is 0 Å². The fourth-order valence-corrected chi connectivity index (χ4v) is 5.02. The second kappa shape index (κ2) is 4.26. The summed E-state index contributed by atoms with van der Waals surface area (Å²) in [6, 6.07) is 0.128. The first-order valence-electron chi connectivity index (χ1n) is 7.67. The number of aliphatic hydroxyl groups excluding tert-OH is 2. The Bertz CT molecular complexity index is 524. The topological polar surface area (TPSA) is 69.6 Å². The first-order valence-corrected chi connectivity index (χ1v) is 7.67. The van der Waals surface area contributed by atoms with Gasteiger partial charge in [0, 0.05) is 18.4 Å². The predicted octanol–water partition coefficient (Wildman–Crippen LogP) is 0.696. The van der Waals surface area contributed by atoms with Gasteiger partial charge in [0.2, 0.25) is 0 Å². The molecule has 2 fully saturated rings. The molecule has 1 unspecified atom stereocenters. The highest BCUT2D eigenvalue weighted by Crippen LogP contribution is 2.56. The molecule has 0 radical (unpaired) electrons. The van der Waals surface area contributed by atoms with Gasteiger partial charge >= 0.3 is 0 Å². The van der Waals surface area contributed by atoms with E-state index in [9.17, 15) is 15.0 Å². The molecule has 3 N–H and O–H groups in total. The fraction of sp³-hybridized carbons (Fsp3) is 0.688. The van der Waals surface area contributed by atoms with Crippen LogP contribution >= 0.6 is 0 Å². The number of allylic oxidation sites excluding steroid dienone is 2. The van der Waals surface area contributed by atoms with Gasteiger partial charge < -0.3 is 15.5 Å². The first kappa shape index (κ1) is 12.7. The van der Waals surface area contributed by atoms with Gasteiger partial charge in [0.1, 0.15) is 5.78 Å². The van der Waals surface area contributed by atoms with Crippen LogP contribution in [0.2, 0.25) is 0 Å². The molecule has 0 aromatic heterocycles. The van der Waals surface area contributed by atoms with Crippen LogP contribution in [-0.2, 0) is 4.79 Å². The minimum absolute atomic E-state index is 0.0220. The molecule has 0 aromatic rings. The summed E-state index contributed by atoms with van der Waals surface area (Å²) in [6.45, 7) is 0.820. The minimum Gasteiger partial charge on any atom is -0.393 e. The van der Waals surface area contributed by atoms with Gasteiger partial charge in [-0.05, 0) is 43.4 Å². The van der Waals surface area contributed by atoms with E-state index >= 15 is 0 Å². The van der Waals surface area contributed by atoms with E-state index in [-0.39, 0.29) is 17.7 Å². The third-order valence-corrected chi connectivity index (χ3v) is 5.82. The quantitative estimate of drug-likeness (QED) is 0.608. The molecule has 1 saturated heterocycles. The summed E-state index contributed by atoms with van der Waals surface area (Å²) in [7, 11) is 0. The van der Waals surface area contributed by atoms with Crippen LogP contribution in [0.5, 0.6) is 0 Å². The van der Waals surface area contributed by atoms with Gasteiger partial charge in [-0.1, -0.05) is 12.2 Å². The summed E-state index contributed by atoms with van der Waals surface area (Å²) < 4.78 is 0. The molecule has 4 nitrogen and oxygen atoms in total. The van der Waals surface area contributed by atoms with Crippen molar-refractivity contribution in [2.24, 2.45) is 11.3 Å². The Morgan fingerprint density at radius 2 is 2.20 bits per heavy atom. The number of Topliss-reactive ketones (excluding diaryl/α,β-unsaturated/α-hetero) is 1. The SMILES string of the molecule is O=C1CC[C@@H](O)[C@H]2[C@H]3CC4=C(C=CCC4O)[C@@]12CCN3. The van der Waals surface area contributed by atoms with Gasteiger partial charge in [-0.15, -0.1) is 0 Å². The number of nitrogens with one attached hydrogen (secondary N) is 1. The van der Waals surface area contributed by atoms with Crippen molar-refractivity contribution in [3.8, 4) is 0 Å². The third kappa shape index (κ3) is 1.45. The number of carbonyl (C=O) groups is 1. The number of carbonyl (C=O) groups excluding carboxylic acids is 1. The van der Waals surface area contributed by atoms with Gasteiger partial charge in [-0.2, -0.15) is 0 Å². The minimum atomic E-state index is -0.543. The van der Waals surface area contributed by atoms with Gasteiger partial charge in [-0.25, -0.2) is 0 Å². The van der Waals surface area contributed by atoms with Crippen LogP contribution in [0, 0.1) is 11.3 Å². The van der Waals surface area contributed by atoms with Crippen LogP contribution in [0.4, 0.5) is 0 Å². The maximum atomic E-state index is 12.8. The van der Waals surface area contributed by atoms with Crippen molar-refractivity contribution in [2.75, 3.05) is 6.54 Å². The van der Waals surface area contributed by atoms with E-state index in [0.29, 0.717) is 19.3 Å². The van der Waals surface area contributed by atoms with E-state index in [1.54, 1.807) is 0 Å². The summed E-state index contributed by atoms with van der Waals surface area (Å²) in [5.41, 5.74) is 1.52. The standard InChI is InChI=1S/C16H21NO3/c18-12-3-1-2-10-9(12)8-11-15-13(19)4-5-14(20)16(10,15)6-7-17-11/h1-2,11-13,15,17-19H,3-8H2/t11-,12?,13-,15-,16+/m1/s1. The van der Waals surface area contributed by atoms with Crippen LogP contribution in [0.3, 0.4) is 0 Å². The Balaban J connectivity index is 1.93.